The third-order valence-electron chi connectivity index (χ3n) is 3.53. The summed E-state index contributed by atoms with van der Waals surface area (Å²) in [6, 6.07) is 18.1. The van der Waals surface area contributed by atoms with Crippen molar-refractivity contribution in [2.75, 3.05) is 13.7 Å². The topological polar surface area (TPSA) is 38.3 Å². The van der Waals surface area contributed by atoms with Crippen LogP contribution in [-0.4, -0.2) is 24.8 Å². The van der Waals surface area contributed by atoms with Crippen molar-refractivity contribution in [2.24, 2.45) is 0 Å². The standard InChI is InChI=1S/C19H23NO2S/c1-15(23-18-8-4-3-5-9-18)19(21)20-14-6-7-16-10-12-17(22-2)13-11-16/h3-5,8-13,15H,6-7,14H2,1-2H3,(H,20,21)/t15-/m0/s1. The number of hydrogen-bond donors (Lipinski definition) is 1. The number of carbonyl (C=O) groups is 1. The molecule has 0 aliphatic carbocycles. The van der Waals surface area contributed by atoms with E-state index in [2.05, 4.69) is 17.4 Å². The van der Waals surface area contributed by atoms with Gasteiger partial charge in [-0.2, -0.15) is 0 Å². The second-order valence-corrected chi connectivity index (χ2v) is 6.73. The van der Waals surface area contributed by atoms with E-state index in [-0.39, 0.29) is 11.2 Å². The molecule has 2 aromatic carbocycles. The quantitative estimate of drug-likeness (QED) is 0.589. The van der Waals surface area contributed by atoms with Gasteiger partial charge in [-0.15, -0.1) is 11.8 Å². The zero-order valence-electron chi connectivity index (χ0n) is 13.6. The number of ether oxygens (including phenoxy) is 1. The zero-order valence-corrected chi connectivity index (χ0v) is 14.4. The van der Waals surface area contributed by atoms with Crippen LogP contribution in [0.1, 0.15) is 18.9 Å². The van der Waals surface area contributed by atoms with E-state index < -0.39 is 0 Å². The van der Waals surface area contributed by atoms with Crippen molar-refractivity contribution in [1.82, 2.24) is 5.32 Å². The highest BCUT2D eigenvalue weighted by atomic mass is 32.2. The molecular formula is C19H23NO2S. The third-order valence-corrected chi connectivity index (χ3v) is 4.64. The largest absolute Gasteiger partial charge is 0.497 e. The van der Waals surface area contributed by atoms with Crippen LogP contribution >= 0.6 is 11.8 Å². The lowest BCUT2D eigenvalue weighted by Gasteiger charge is -2.12. The van der Waals surface area contributed by atoms with E-state index in [1.807, 2.05) is 49.4 Å². The van der Waals surface area contributed by atoms with Gasteiger partial charge in [-0.3, -0.25) is 4.79 Å². The van der Waals surface area contributed by atoms with Crippen LogP contribution in [0, 0.1) is 0 Å². The number of amides is 1. The summed E-state index contributed by atoms with van der Waals surface area (Å²) in [5.41, 5.74) is 1.26. The normalized spacial score (nSPS) is 11.7. The summed E-state index contributed by atoms with van der Waals surface area (Å²) in [5.74, 6) is 0.961. The Labute approximate surface area is 142 Å². The van der Waals surface area contributed by atoms with Gasteiger partial charge in [0.05, 0.1) is 12.4 Å². The summed E-state index contributed by atoms with van der Waals surface area (Å²) >= 11 is 1.58. The van der Waals surface area contributed by atoms with Crippen LogP contribution in [0.5, 0.6) is 5.75 Å². The molecular weight excluding hydrogens is 306 g/mol. The van der Waals surface area contributed by atoms with Crippen molar-refractivity contribution >= 4 is 17.7 Å². The van der Waals surface area contributed by atoms with Crippen LogP contribution in [0.3, 0.4) is 0 Å². The van der Waals surface area contributed by atoms with Crippen molar-refractivity contribution < 1.29 is 9.53 Å². The van der Waals surface area contributed by atoms with Crippen LogP contribution < -0.4 is 10.1 Å². The summed E-state index contributed by atoms with van der Waals surface area (Å²) in [4.78, 5) is 13.2. The lowest BCUT2D eigenvalue weighted by atomic mass is 10.1. The van der Waals surface area contributed by atoms with Gasteiger partial charge in [0.25, 0.3) is 0 Å². The highest BCUT2D eigenvalue weighted by Crippen LogP contribution is 2.22. The molecule has 0 spiro atoms. The molecule has 0 saturated carbocycles. The molecule has 0 aromatic heterocycles. The molecule has 122 valence electrons. The van der Waals surface area contributed by atoms with Crippen LogP contribution in [0.15, 0.2) is 59.5 Å². The molecule has 0 unspecified atom stereocenters. The smallest absolute Gasteiger partial charge is 0.233 e. The van der Waals surface area contributed by atoms with Gasteiger partial charge in [-0.05, 0) is 49.6 Å². The van der Waals surface area contributed by atoms with E-state index in [0.29, 0.717) is 6.54 Å². The lowest BCUT2D eigenvalue weighted by molar-refractivity contribution is -0.120. The van der Waals surface area contributed by atoms with E-state index in [4.69, 9.17) is 4.74 Å². The fourth-order valence-electron chi connectivity index (χ4n) is 2.20. The Bertz CT molecular complexity index is 599. The number of benzene rings is 2. The minimum absolute atomic E-state index is 0.0848. The molecule has 4 heteroatoms. The Morgan fingerprint density at radius 1 is 1.13 bits per heavy atom. The molecule has 0 bridgehead atoms. The number of aryl methyl sites for hydroxylation is 1. The second kappa shape index (κ2) is 9.26. The van der Waals surface area contributed by atoms with Crippen molar-refractivity contribution in [3.63, 3.8) is 0 Å². The molecule has 0 saturated heterocycles. The maximum absolute atomic E-state index is 12.1. The van der Waals surface area contributed by atoms with Gasteiger partial charge in [-0.25, -0.2) is 0 Å². The summed E-state index contributed by atoms with van der Waals surface area (Å²) < 4.78 is 5.14. The number of rotatable bonds is 8. The molecule has 1 N–H and O–H groups in total. The van der Waals surface area contributed by atoms with Crippen LogP contribution in [-0.2, 0) is 11.2 Å². The van der Waals surface area contributed by atoms with E-state index >= 15 is 0 Å². The summed E-state index contributed by atoms with van der Waals surface area (Å²) in [5, 5.41) is 2.93. The van der Waals surface area contributed by atoms with Gasteiger partial charge < -0.3 is 10.1 Å². The molecule has 0 heterocycles. The SMILES string of the molecule is COc1ccc(CCCNC(=O)[C@H](C)Sc2ccccc2)cc1. The molecule has 23 heavy (non-hydrogen) atoms. The molecule has 3 nitrogen and oxygen atoms in total. The first-order chi connectivity index (χ1) is 11.2. The molecule has 0 aliphatic heterocycles. The second-order valence-electron chi connectivity index (χ2n) is 5.32. The van der Waals surface area contributed by atoms with Gasteiger partial charge in [0.15, 0.2) is 0 Å². The first-order valence-electron chi connectivity index (χ1n) is 7.81. The number of carbonyl (C=O) groups excluding carboxylic acids is 1. The highest BCUT2D eigenvalue weighted by Gasteiger charge is 2.13. The van der Waals surface area contributed by atoms with E-state index in [9.17, 15) is 4.79 Å². The molecule has 0 radical (unpaired) electrons. The van der Waals surface area contributed by atoms with Crippen molar-refractivity contribution in [2.45, 2.75) is 29.9 Å². The monoisotopic (exact) mass is 329 g/mol. The maximum atomic E-state index is 12.1. The van der Waals surface area contributed by atoms with Gasteiger partial charge in [-0.1, -0.05) is 30.3 Å². The average molecular weight is 329 g/mol. The van der Waals surface area contributed by atoms with Crippen molar-refractivity contribution in [3.8, 4) is 5.75 Å². The molecule has 0 fully saturated rings. The third kappa shape index (κ3) is 5.99. The number of methoxy groups -OCH3 is 1. The maximum Gasteiger partial charge on any atom is 0.233 e. The molecule has 1 amide bonds. The highest BCUT2D eigenvalue weighted by molar-refractivity contribution is 8.00. The Hall–Kier alpha value is -1.94. The Kier molecular flexibility index (Phi) is 7.01. The van der Waals surface area contributed by atoms with Crippen LogP contribution in [0.25, 0.3) is 0 Å². The summed E-state index contributed by atoms with van der Waals surface area (Å²) in [7, 11) is 1.67. The minimum Gasteiger partial charge on any atom is -0.497 e. The predicted octanol–water partition coefficient (Wildman–Crippen LogP) is 3.92. The first-order valence-corrected chi connectivity index (χ1v) is 8.69. The average Bonchev–Trinajstić information content (AvgIpc) is 2.60. The first kappa shape index (κ1) is 17.4. The van der Waals surface area contributed by atoms with Gasteiger partial charge in [0.1, 0.15) is 5.75 Å². The fourth-order valence-corrected chi connectivity index (χ4v) is 3.11. The van der Waals surface area contributed by atoms with Crippen LogP contribution in [0.4, 0.5) is 0 Å². The Morgan fingerprint density at radius 3 is 2.48 bits per heavy atom. The number of nitrogens with one attached hydrogen (secondary N) is 1. The van der Waals surface area contributed by atoms with Gasteiger partial charge in [0.2, 0.25) is 5.91 Å². The number of hydrogen-bond acceptors (Lipinski definition) is 3. The van der Waals surface area contributed by atoms with Crippen molar-refractivity contribution in [1.29, 1.82) is 0 Å². The summed E-state index contributed by atoms with van der Waals surface area (Å²) in [6.45, 7) is 2.64. The molecule has 1 atom stereocenters. The van der Waals surface area contributed by atoms with E-state index in [1.54, 1.807) is 18.9 Å². The fraction of sp³-hybridized carbons (Fsp3) is 0.316. The van der Waals surface area contributed by atoms with Crippen molar-refractivity contribution in [3.05, 3.63) is 60.2 Å². The van der Waals surface area contributed by atoms with Gasteiger partial charge >= 0.3 is 0 Å². The van der Waals surface area contributed by atoms with E-state index in [1.165, 1.54) is 5.56 Å². The molecule has 2 rings (SSSR count). The van der Waals surface area contributed by atoms with E-state index in [0.717, 1.165) is 23.5 Å². The lowest BCUT2D eigenvalue weighted by Crippen LogP contribution is -2.31. The predicted molar refractivity (Wildman–Crippen MR) is 96.1 cm³/mol. The summed E-state index contributed by atoms with van der Waals surface area (Å²) in [6.07, 6.45) is 1.88. The van der Waals surface area contributed by atoms with Crippen LogP contribution in [0.2, 0.25) is 0 Å². The Morgan fingerprint density at radius 2 is 1.83 bits per heavy atom. The molecule has 0 aliphatic rings. The Balaban J connectivity index is 1.67. The minimum atomic E-state index is -0.0848. The molecule has 2 aromatic rings. The zero-order chi connectivity index (χ0) is 16.5. The number of thioether (sulfide) groups is 1. The van der Waals surface area contributed by atoms with Gasteiger partial charge in [0, 0.05) is 11.4 Å².